The van der Waals surface area contributed by atoms with Crippen molar-refractivity contribution in [2.45, 2.75) is 79.7 Å². The second-order valence-corrected chi connectivity index (χ2v) is 14.6. The Morgan fingerprint density at radius 3 is 1.62 bits per heavy atom. The summed E-state index contributed by atoms with van der Waals surface area (Å²) in [5, 5.41) is 18.6. The lowest BCUT2D eigenvalue weighted by molar-refractivity contribution is -0.192. The van der Waals surface area contributed by atoms with Gasteiger partial charge in [0.05, 0.1) is 0 Å². The predicted octanol–water partition coefficient (Wildman–Crippen LogP) is 4.46. The summed E-state index contributed by atoms with van der Waals surface area (Å²) in [7, 11) is 0. The number of aliphatic carboxylic acids is 2. The quantitative estimate of drug-likeness (QED) is 0.289. The largest absolute Gasteiger partial charge is 0.490 e. The number of rotatable bonds is 2. The van der Waals surface area contributed by atoms with E-state index in [1.807, 2.05) is 0 Å². The van der Waals surface area contributed by atoms with Crippen molar-refractivity contribution in [2.24, 2.45) is 23.7 Å². The SMILES string of the molecule is CC(C)(C)OC(=O)[C@@H]1[C@@H]2[C@H](CN1C(=O)OC(C)(C)C)C2(Cl)Cl.O=C(O)C(F)(F)F.O=C(O)[C@H]1NC[C@H]2[C@@H]1C2(Cl)Cl. The van der Waals surface area contributed by atoms with Gasteiger partial charge >= 0.3 is 30.2 Å². The van der Waals surface area contributed by atoms with E-state index < -0.39 is 62.1 Å². The Morgan fingerprint density at radius 1 is 0.850 bits per heavy atom. The molecule has 10 nitrogen and oxygen atoms in total. The number of piperidine rings is 2. The first-order valence-corrected chi connectivity index (χ1v) is 13.5. The number of hydrogen-bond donors (Lipinski definition) is 3. The number of ether oxygens (including phenoxy) is 2. The molecule has 6 atom stereocenters. The molecule has 2 aliphatic carbocycles. The van der Waals surface area contributed by atoms with Crippen LogP contribution in [0.4, 0.5) is 18.0 Å². The molecule has 0 bridgehead atoms. The Morgan fingerprint density at radius 2 is 1.30 bits per heavy atom. The number of nitrogens with zero attached hydrogens (tertiary/aromatic N) is 1. The van der Waals surface area contributed by atoms with Crippen LogP contribution in [0.5, 0.6) is 0 Å². The molecule has 0 unspecified atom stereocenters. The first-order chi connectivity index (χ1) is 17.7. The van der Waals surface area contributed by atoms with Crippen LogP contribution in [0.2, 0.25) is 0 Å². The zero-order chi connectivity index (χ0) is 31.4. The number of fused-ring (bicyclic) bond motifs is 2. The lowest BCUT2D eigenvalue weighted by Gasteiger charge is -2.32. The fourth-order valence-corrected chi connectivity index (χ4v) is 6.18. The smallest absolute Gasteiger partial charge is 0.480 e. The highest BCUT2D eigenvalue weighted by Gasteiger charge is 2.75. The molecule has 0 aromatic heterocycles. The van der Waals surface area contributed by atoms with Gasteiger partial charge in [0.2, 0.25) is 0 Å². The summed E-state index contributed by atoms with van der Waals surface area (Å²) in [6.45, 7) is 11.6. The molecule has 2 aliphatic heterocycles. The third-order valence-electron chi connectivity index (χ3n) is 6.30. The van der Waals surface area contributed by atoms with Crippen LogP contribution in [-0.2, 0) is 23.9 Å². The molecule has 3 N–H and O–H groups in total. The van der Waals surface area contributed by atoms with Gasteiger partial charge in [-0.1, -0.05) is 0 Å². The van der Waals surface area contributed by atoms with Crippen LogP contribution in [-0.4, -0.2) is 90.3 Å². The second kappa shape index (κ2) is 11.3. The van der Waals surface area contributed by atoms with Crippen LogP contribution in [0, 0.1) is 23.7 Å². The molecule has 0 spiro atoms. The van der Waals surface area contributed by atoms with Crippen molar-refractivity contribution >= 4 is 70.4 Å². The number of likely N-dealkylation sites (tertiary alicyclic amines) is 1. The number of esters is 1. The van der Waals surface area contributed by atoms with Gasteiger partial charge in [-0.05, 0) is 41.5 Å². The van der Waals surface area contributed by atoms with E-state index in [4.69, 9.17) is 70.9 Å². The summed E-state index contributed by atoms with van der Waals surface area (Å²) in [6, 6.07) is -1.34. The van der Waals surface area contributed by atoms with Gasteiger partial charge in [0.1, 0.15) is 32.0 Å². The van der Waals surface area contributed by atoms with E-state index in [0.717, 1.165) is 0 Å². The fourth-order valence-electron chi connectivity index (χ4n) is 4.50. The number of carbonyl (C=O) groups excluding carboxylic acids is 2. The van der Waals surface area contributed by atoms with Gasteiger partial charge < -0.3 is 25.0 Å². The lowest BCUT2D eigenvalue weighted by Crippen LogP contribution is -2.49. The molecule has 17 heteroatoms. The maximum absolute atomic E-state index is 12.5. The van der Waals surface area contributed by atoms with Gasteiger partial charge in [-0.15, -0.1) is 46.4 Å². The zero-order valence-corrected chi connectivity index (χ0v) is 25.3. The number of carboxylic acid groups (broad SMARTS) is 2. The second-order valence-electron chi connectivity index (χ2n) is 11.8. The molecule has 4 aliphatic rings. The summed E-state index contributed by atoms with van der Waals surface area (Å²) in [4.78, 5) is 45.6. The minimum Gasteiger partial charge on any atom is -0.480 e. The van der Waals surface area contributed by atoms with Crippen LogP contribution in [0.3, 0.4) is 0 Å². The molecule has 0 aromatic carbocycles. The third-order valence-corrected chi connectivity index (χ3v) is 8.43. The molecule has 0 radical (unpaired) electrons. The molecule has 2 heterocycles. The summed E-state index contributed by atoms with van der Waals surface area (Å²) < 4.78 is 40.8. The standard InChI is InChI=1S/C15H23Cl2NO4.C6H7Cl2NO2.C2HF3O2/c1-13(2,3)21-11(19)10-9-8(15(9,16)17)7-18(10)12(20)22-14(4,5)6;7-6(8)2-1-9-4(3(2)6)5(10)11;3-2(4,5)1(6)7/h8-10H,7H2,1-6H3;2-4,9H,1H2,(H,10,11);(H,6,7)/t8-,9-,10-;2-,3-,4-;/m00./s1. The number of amides is 1. The highest BCUT2D eigenvalue weighted by molar-refractivity contribution is 6.52. The monoisotopic (exact) mass is 660 g/mol. The molecule has 230 valence electrons. The van der Waals surface area contributed by atoms with Crippen molar-refractivity contribution in [3.8, 4) is 0 Å². The zero-order valence-electron chi connectivity index (χ0n) is 22.3. The van der Waals surface area contributed by atoms with E-state index >= 15 is 0 Å². The molecule has 4 rings (SSSR count). The number of hydrogen-bond acceptors (Lipinski definition) is 7. The van der Waals surface area contributed by atoms with Crippen LogP contribution < -0.4 is 5.32 Å². The summed E-state index contributed by atoms with van der Waals surface area (Å²) in [5.74, 6) is -4.50. The highest BCUT2D eigenvalue weighted by atomic mass is 35.5. The number of nitrogens with one attached hydrogen (secondary N) is 1. The van der Waals surface area contributed by atoms with E-state index in [1.54, 1.807) is 41.5 Å². The molecule has 2 saturated heterocycles. The normalized spacial score (nSPS) is 30.8. The van der Waals surface area contributed by atoms with Crippen molar-refractivity contribution in [1.82, 2.24) is 10.2 Å². The van der Waals surface area contributed by atoms with Crippen molar-refractivity contribution in [3.63, 3.8) is 0 Å². The molecule has 4 fully saturated rings. The van der Waals surface area contributed by atoms with Gasteiger partial charge in [0.25, 0.3) is 0 Å². The van der Waals surface area contributed by atoms with E-state index in [-0.39, 0.29) is 23.7 Å². The van der Waals surface area contributed by atoms with Crippen LogP contribution in [0.15, 0.2) is 0 Å². The maximum atomic E-state index is 12.5. The summed E-state index contributed by atoms with van der Waals surface area (Å²) in [5.41, 5.74) is -1.29. The van der Waals surface area contributed by atoms with Crippen LogP contribution in [0.1, 0.15) is 41.5 Å². The minimum atomic E-state index is -5.08. The fraction of sp³-hybridized carbons (Fsp3) is 0.826. The number of halogens is 7. The number of alkyl halides is 7. The topological polar surface area (TPSA) is 142 Å². The molecular weight excluding hydrogens is 631 g/mol. The van der Waals surface area contributed by atoms with Crippen molar-refractivity contribution in [1.29, 1.82) is 0 Å². The Kier molecular flexibility index (Phi) is 9.87. The van der Waals surface area contributed by atoms with Gasteiger partial charge in [-0.2, -0.15) is 13.2 Å². The van der Waals surface area contributed by atoms with Crippen molar-refractivity contribution in [2.75, 3.05) is 13.1 Å². The molecule has 0 aromatic rings. The Labute approximate surface area is 248 Å². The lowest BCUT2D eigenvalue weighted by atomic mass is 10.1. The molecule has 1 amide bonds. The van der Waals surface area contributed by atoms with E-state index in [1.165, 1.54) is 4.90 Å². The van der Waals surface area contributed by atoms with E-state index in [9.17, 15) is 27.6 Å². The Hall–Kier alpha value is -1.41. The summed E-state index contributed by atoms with van der Waals surface area (Å²) in [6.07, 6.45) is -5.63. The Bertz CT molecular complexity index is 1030. The first-order valence-electron chi connectivity index (χ1n) is 12.0. The number of carboxylic acids is 2. The van der Waals surface area contributed by atoms with Gasteiger partial charge in [-0.3, -0.25) is 9.69 Å². The maximum Gasteiger partial charge on any atom is 0.490 e. The molecular formula is C23H31Cl4F3N2O8. The highest BCUT2D eigenvalue weighted by Crippen LogP contribution is 2.65. The summed E-state index contributed by atoms with van der Waals surface area (Å²) >= 11 is 24.0. The van der Waals surface area contributed by atoms with Crippen molar-refractivity contribution in [3.05, 3.63) is 0 Å². The molecule has 40 heavy (non-hydrogen) atoms. The first kappa shape index (κ1) is 34.8. The minimum absolute atomic E-state index is 0.0941. The van der Waals surface area contributed by atoms with E-state index in [0.29, 0.717) is 13.1 Å². The van der Waals surface area contributed by atoms with E-state index in [2.05, 4.69) is 5.32 Å². The average Bonchev–Trinajstić information content (AvgIpc) is 3.25. The van der Waals surface area contributed by atoms with Gasteiger partial charge in [0, 0.05) is 36.8 Å². The van der Waals surface area contributed by atoms with Crippen LogP contribution in [0.25, 0.3) is 0 Å². The predicted molar refractivity (Wildman–Crippen MR) is 139 cm³/mol. The van der Waals surface area contributed by atoms with Gasteiger partial charge in [0.15, 0.2) is 0 Å². The Balaban J connectivity index is 0.000000256. The van der Waals surface area contributed by atoms with Gasteiger partial charge in [-0.25, -0.2) is 14.4 Å². The van der Waals surface area contributed by atoms with Crippen molar-refractivity contribution < 1.29 is 52.0 Å². The van der Waals surface area contributed by atoms with Crippen LogP contribution >= 0.6 is 46.4 Å². The molecule has 2 saturated carbocycles. The average molecular weight is 662 g/mol. The third kappa shape index (κ3) is 8.11. The number of carbonyl (C=O) groups is 4.